The summed E-state index contributed by atoms with van der Waals surface area (Å²) >= 11 is 6.11. The molecule has 3 N–H and O–H groups in total. The van der Waals surface area contributed by atoms with E-state index in [1.54, 1.807) is 6.07 Å². The molecular formula is C25H31ClN4O2. The van der Waals surface area contributed by atoms with Crippen LogP contribution in [0.25, 0.3) is 11.1 Å². The molecule has 1 aliphatic carbocycles. The SMILES string of the molecule is CCN(CC)CCCNC(=O)c1c(C)[nH]c2c1CCCC2=C1C(=O)Nc2cc(Cl)ccc21. The lowest BCUT2D eigenvalue weighted by Gasteiger charge is -2.19. The lowest BCUT2D eigenvalue weighted by molar-refractivity contribution is -0.110. The summed E-state index contributed by atoms with van der Waals surface area (Å²) in [6.45, 7) is 9.92. The van der Waals surface area contributed by atoms with Gasteiger partial charge in [-0.15, -0.1) is 0 Å². The minimum atomic E-state index is -0.111. The fraction of sp³-hybridized carbons (Fsp3) is 0.440. The summed E-state index contributed by atoms with van der Waals surface area (Å²) in [7, 11) is 0. The first-order valence-electron chi connectivity index (χ1n) is 11.5. The van der Waals surface area contributed by atoms with Gasteiger partial charge >= 0.3 is 0 Å². The van der Waals surface area contributed by atoms with Crippen molar-refractivity contribution < 1.29 is 9.59 Å². The second kappa shape index (κ2) is 9.51. The summed E-state index contributed by atoms with van der Waals surface area (Å²) in [6.07, 6.45) is 3.45. The molecule has 32 heavy (non-hydrogen) atoms. The number of anilines is 1. The molecule has 0 bridgehead atoms. The third-order valence-electron chi connectivity index (χ3n) is 6.53. The van der Waals surface area contributed by atoms with Gasteiger partial charge in [0.1, 0.15) is 0 Å². The maximum absolute atomic E-state index is 13.1. The van der Waals surface area contributed by atoms with Crippen LogP contribution in [-0.4, -0.2) is 47.9 Å². The molecule has 0 saturated carbocycles. The maximum Gasteiger partial charge on any atom is 0.256 e. The number of nitrogens with one attached hydrogen (secondary N) is 3. The number of amides is 2. The van der Waals surface area contributed by atoms with Gasteiger partial charge in [-0.1, -0.05) is 31.5 Å². The Morgan fingerprint density at radius 2 is 2.00 bits per heavy atom. The third-order valence-corrected chi connectivity index (χ3v) is 6.77. The Morgan fingerprint density at radius 3 is 2.75 bits per heavy atom. The van der Waals surface area contributed by atoms with Crippen LogP contribution in [0, 0.1) is 6.92 Å². The van der Waals surface area contributed by atoms with Gasteiger partial charge in [0, 0.05) is 28.5 Å². The Hall–Kier alpha value is -2.57. The van der Waals surface area contributed by atoms with E-state index in [0.717, 1.165) is 84.7 Å². The zero-order valence-electron chi connectivity index (χ0n) is 19.0. The van der Waals surface area contributed by atoms with Gasteiger partial charge in [-0.05, 0) is 75.5 Å². The molecule has 0 atom stereocenters. The second-order valence-electron chi connectivity index (χ2n) is 8.47. The van der Waals surface area contributed by atoms with Crippen LogP contribution in [0.4, 0.5) is 5.69 Å². The van der Waals surface area contributed by atoms with Gasteiger partial charge < -0.3 is 20.5 Å². The highest BCUT2D eigenvalue weighted by molar-refractivity contribution is 6.38. The van der Waals surface area contributed by atoms with Gasteiger partial charge in [0.05, 0.1) is 16.8 Å². The van der Waals surface area contributed by atoms with Gasteiger partial charge in [-0.3, -0.25) is 9.59 Å². The Labute approximate surface area is 194 Å². The average Bonchev–Trinajstić information content (AvgIpc) is 3.28. The Bertz CT molecular complexity index is 1080. The number of aromatic amines is 1. The quantitative estimate of drug-likeness (QED) is 0.421. The standard InChI is InChI=1S/C25H31ClN4O2/c1-4-30(5-2)13-7-12-27-24(31)21-15(3)28-23-18(21)8-6-9-19(23)22-17-11-10-16(26)14-20(17)29-25(22)32/h10-11,14,28H,4-9,12-13H2,1-3H3,(H,27,31)(H,29,32). The largest absolute Gasteiger partial charge is 0.358 e. The topological polar surface area (TPSA) is 77.2 Å². The molecular weight excluding hydrogens is 424 g/mol. The highest BCUT2D eigenvalue weighted by Gasteiger charge is 2.33. The van der Waals surface area contributed by atoms with Crippen molar-refractivity contribution in [2.45, 2.75) is 46.5 Å². The summed E-state index contributed by atoms with van der Waals surface area (Å²) in [6, 6.07) is 5.48. The van der Waals surface area contributed by atoms with Crippen molar-refractivity contribution in [3.8, 4) is 0 Å². The molecule has 0 fully saturated rings. The maximum atomic E-state index is 13.1. The van der Waals surface area contributed by atoms with Crippen molar-refractivity contribution in [3.63, 3.8) is 0 Å². The van der Waals surface area contributed by atoms with Crippen LogP contribution in [-0.2, 0) is 11.2 Å². The Morgan fingerprint density at radius 1 is 1.22 bits per heavy atom. The van der Waals surface area contributed by atoms with E-state index in [1.807, 2.05) is 19.1 Å². The Kier molecular flexibility index (Phi) is 6.72. The summed E-state index contributed by atoms with van der Waals surface area (Å²) in [4.78, 5) is 31.7. The smallest absolute Gasteiger partial charge is 0.256 e. The fourth-order valence-electron chi connectivity index (χ4n) is 4.89. The van der Waals surface area contributed by atoms with E-state index < -0.39 is 0 Å². The molecule has 0 spiro atoms. The van der Waals surface area contributed by atoms with Gasteiger partial charge in [0.2, 0.25) is 0 Å². The molecule has 1 aromatic heterocycles. The van der Waals surface area contributed by atoms with Gasteiger partial charge in [-0.25, -0.2) is 0 Å². The molecule has 2 aliphatic rings. The van der Waals surface area contributed by atoms with Crippen molar-refractivity contribution in [3.05, 3.63) is 51.3 Å². The summed E-state index contributed by atoms with van der Waals surface area (Å²) in [5.74, 6) is -0.145. The molecule has 0 saturated heterocycles. The number of carbonyl (C=O) groups excluding carboxylic acids is 2. The molecule has 0 unspecified atom stereocenters. The summed E-state index contributed by atoms with van der Waals surface area (Å²) < 4.78 is 0. The average molecular weight is 455 g/mol. The second-order valence-corrected chi connectivity index (χ2v) is 8.90. The number of nitrogens with zero attached hydrogens (tertiary/aromatic N) is 1. The Balaban J connectivity index is 1.60. The monoisotopic (exact) mass is 454 g/mol. The van der Waals surface area contributed by atoms with E-state index in [4.69, 9.17) is 11.6 Å². The number of aromatic nitrogens is 1. The van der Waals surface area contributed by atoms with Crippen LogP contribution < -0.4 is 10.6 Å². The van der Waals surface area contributed by atoms with Crippen LogP contribution in [0.1, 0.15) is 66.0 Å². The number of hydrogen-bond donors (Lipinski definition) is 3. The molecule has 170 valence electrons. The normalized spacial score (nSPS) is 17.3. The van der Waals surface area contributed by atoms with Crippen molar-refractivity contribution in [2.24, 2.45) is 0 Å². The number of H-pyrrole nitrogens is 1. The summed E-state index contributed by atoms with van der Waals surface area (Å²) in [5, 5.41) is 6.63. The molecule has 6 nitrogen and oxygen atoms in total. The van der Waals surface area contributed by atoms with E-state index >= 15 is 0 Å². The first-order chi connectivity index (χ1) is 15.4. The van der Waals surface area contributed by atoms with E-state index in [0.29, 0.717) is 17.1 Å². The van der Waals surface area contributed by atoms with Crippen molar-refractivity contribution in [2.75, 3.05) is 31.5 Å². The van der Waals surface area contributed by atoms with Crippen LogP contribution >= 0.6 is 11.6 Å². The lowest BCUT2D eigenvalue weighted by atomic mass is 9.86. The minimum absolute atomic E-state index is 0.0335. The lowest BCUT2D eigenvalue weighted by Crippen LogP contribution is -2.30. The van der Waals surface area contributed by atoms with Gasteiger partial charge in [0.15, 0.2) is 0 Å². The number of allylic oxidation sites excluding steroid dienone is 1. The molecule has 0 radical (unpaired) electrons. The number of fused-ring (bicyclic) bond motifs is 2. The third kappa shape index (κ3) is 4.21. The van der Waals surface area contributed by atoms with Gasteiger partial charge in [-0.2, -0.15) is 0 Å². The number of benzene rings is 1. The van der Waals surface area contributed by atoms with Crippen LogP contribution in [0.3, 0.4) is 0 Å². The molecule has 1 aliphatic heterocycles. The van der Waals surface area contributed by atoms with Crippen molar-refractivity contribution >= 4 is 40.2 Å². The predicted molar refractivity (Wildman–Crippen MR) is 130 cm³/mol. The molecule has 2 heterocycles. The molecule has 2 aromatic rings. The van der Waals surface area contributed by atoms with Gasteiger partial charge in [0.25, 0.3) is 11.8 Å². The molecule has 4 rings (SSSR count). The highest BCUT2D eigenvalue weighted by atomic mass is 35.5. The number of rotatable bonds is 7. The van der Waals surface area contributed by atoms with Crippen LogP contribution in [0.5, 0.6) is 0 Å². The highest BCUT2D eigenvalue weighted by Crippen LogP contribution is 2.43. The van der Waals surface area contributed by atoms with Crippen molar-refractivity contribution in [1.29, 1.82) is 0 Å². The van der Waals surface area contributed by atoms with E-state index in [1.165, 1.54) is 0 Å². The molecule has 1 aromatic carbocycles. The first kappa shape index (κ1) is 22.6. The first-order valence-corrected chi connectivity index (χ1v) is 11.9. The predicted octanol–water partition coefficient (Wildman–Crippen LogP) is 4.64. The molecule has 7 heteroatoms. The number of halogens is 1. The van der Waals surface area contributed by atoms with Crippen LogP contribution in [0.15, 0.2) is 18.2 Å². The van der Waals surface area contributed by atoms with E-state index in [-0.39, 0.29) is 11.8 Å². The fourth-order valence-corrected chi connectivity index (χ4v) is 5.06. The summed E-state index contributed by atoms with van der Waals surface area (Å²) in [5.41, 5.74) is 6.81. The van der Waals surface area contributed by atoms with Crippen LogP contribution in [0.2, 0.25) is 5.02 Å². The van der Waals surface area contributed by atoms with Crippen molar-refractivity contribution in [1.82, 2.24) is 15.2 Å². The molecule has 2 amide bonds. The number of hydrogen-bond acceptors (Lipinski definition) is 3. The zero-order valence-corrected chi connectivity index (χ0v) is 19.8. The number of carbonyl (C=O) groups is 2. The van der Waals surface area contributed by atoms with E-state index in [9.17, 15) is 9.59 Å². The minimum Gasteiger partial charge on any atom is -0.358 e. The van der Waals surface area contributed by atoms with E-state index in [2.05, 4.69) is 34.4 Å². The zero-order chi connectivity index (χ0) is 22.8. The number of aryl methyl sites for hydroxylation is 1.